The second-order valence-corrected chi connectivity index (χ2v) is 10.8. The molecule has 0 bridgehead atoms. The fraction of sp³-hybridized carbons (Fsp3) is 0.517. The molecule has 1 heterocycles. The predicted octanol–water partition coefficient (Wildman–Crippen LogP) is 5.22. The summed E-state index contributed by atoms with van der Waals surface area (Å²) in [6.07, 6.45) is 8.26. The lowest BCUT2D eigenvalue weighted by molar-refractivity contribution is -0.128. The van der Waals surface area contributed by atoms with Crippen LogP contribution in [-0.2, 0) is 15.0 Å². The minimum absolute atomic E-state index is 0.134. The molecule has 3 aliphatic rings. The van der Waals surface area contributed by atoms with Crippen LogP contribution in [0.3, 0.4) is 0 Å². The predicted molar refractivity (Wildman–Crippen MR) is 131 cm³/mol. The van der Waals surface area contributed by atoms with E-state index >= 15 is 0 Å². The van der Waals surface area contributed by atoms with Crippen molar-refractivity contribution in [2.45, 2.75) is 94.5 Å². The minimum atomic E-state index is -0.407. The molecular formula is C29H36N2O2. The number of rotatable bonds is 4. The van der Waals surface area contributed by atoms with Gasteiger partial charge in [-0.1, -0.05) is 72.5 Å². The van der Waals surface area contributed by atoms with Crippen LogP contribution >= 0.6 is 0 Å². The maximum absolute atomic E-state index is 13.9. The molecule has 1 saturated heterocycles. The Labute approximate surface area is 197 Å². The topological polar surface area (TPSA) is 58.2 Å². The Morgan fingerprint density at radius 3 is 2.30 bits per heavy atom. The van der Waals surface area contributed by atoms with E-state index in [1.165, 1.54) is 22.3 Å². The fourth-order valence-electron chi connectivity index (χ4n) is 6.89. The van der Waals surface area contributed by atoms with Gasteiger partial charge in [-0.25, -0.2) is 0 Å². The summed E-state index contributed by atoms with van der Waals surface area (Å²) in [7, 11) is 0. The van der Waals surface area contributed by atoms with Gasteiger partial charge in [-0.15, -0.1) is 0 Å². The SMILES string of the molecule is Cc1cc(C)cc(C2(C(=O)N[C@H]3CC[C@]4(CCC(=O)N4)[C@@H](c4ccccc4)C3)CCCC2)c1. The molecule has 2 aromatic carbocycles. The Bertz CT molecular complexity index is 1020. The third kappa shape index (κ3) is 4.09. The first-order chi connectivity index (χ1) is 15.9. The molecule has 2 aromatic rings. The quantitative estimate of drug-likeness (QED) is 0.680. The average Bonchev–Trinajstić information content (AvgIpc) is 3.44. The zero-order chi connectivity index (χ0) is 23.1. The number of hydrogen-bond donors (Lipinski definition) is 2. The highest BCUT2D eigenvalue weighted by Crippen LogP contribution is 2.47. The monoisotopic (exact) mass is 444 g/mol. The van der Waals surface area contributed by atoms with Crippen molar-refractivity contribution in [3.8, 4) is 0 Å². The molecule has 2 saturated carbocycles. The van der Waals surface area contributed by atoms with Crippen LogP contribution in [0.15, 0.2) is 48.5 Å². The largest absolute Gasteiger partial charge is 0.353 e. The molecule has 5 rings (SSSR count). The summed E-state index contributed by atoms with van der Waals surface area (Å²) >= 11 is 0. The van der Waals surface area contributed by atoms with E-state index in [0.717, 1.165) is 51.4 Å². The van der Waals surface area contributed by atoms with E-state index in [0.29, 0.717) is 6.42 Å². The van der Waals surface area contributed by atoms with Gasteiger partial charge in [0.25, 0.3) is 0 Å². The molecule has 0 radical (unpaired) electrons. The van der Waals surface area contributed by atoms with Gasteiger partial charge in [0.05, 0.1) is 5.41 Å². The highest BCUT2D eigenvalue weighted by atomic mass is 16.2. The van der Waals surface area contributed by atoms with Crippen molar-refractivity contribution in [3.63, 3.8) is 0 Å². The van der Waals surface area contributed by atoms with Crippen molar-refractivity contribution in [1.82, 2.24) is 10.6 Å². The van der Waals surface area contributed by atoms with Crippen LogP contribution in [0.4, 0.5) is 0 Å². The standard InChI is InChI=1S/C29H36N2O2/c1-20-16-21(2)18-23(17-20)28(12-6-7-13-28)27(33)30-24-10-14-29(15-11-26(32)31-29)25(19-24)22-8-4-3-5-9-22/h3-5,8-9,16-18,24-25H,6-7,10-15,19H2,1-2H3,(H,30,33)(H,31,32)/t24-,25+,29-/m0/s1. The van der Waals surface area contributed by atoms with E-state index in [9.17, 15) is 9.59 Å². The van der Waals surface area contributed by atoms with Crippen molar-refractivity contribution in [2.75, 3.05) is 0 Å². The molecule has 3 fully saturated rings. The summed E-state index contributed by atoms with van der Waals surface area (Å²) in [6.45, 7) is 4.25. The zero-order valence-electron chi connectivity index (χ0n) is 20.0. The molecule has 0 unspecified atom stereocenters. The molecule has 174 valence electrons. The Kier molecular flexibility index (Phi) is 5.80. The van der Waals surface area contributed by atoms with Gasteiger partial charge in [0.15, 0.2) is 0 Å². The Morgan fingerprint density at radius 2 is 1.67 bits per heavy atom. The van der Waals surface area contributed by atoms with Gasteiger partial charge >= 0.3 is 0 Å². The van der Waals surface area contributed by atoms with Gasteiger partial charge < -0.3 is 10.6 Å². The van der Waals surface area contributed by atoms with E-state index < -0.39 is 5.41 Å². The van der Waals surface area contributed by atoms with Gasteiger partial charge in [0.1, 0.15) is 0 Å². The number of carbonyl (C=O) groups excluding carboxylic acids is 2. The lowest BCUT2D eigenvalue weighted by Crippen LogP contribution is -2.55. The molecule has 2 N–H and O–H groups in total. The zero-order valence-corrected chi connectivity index (χ0v) is 20.0. The number of nitrogens with one attached hydrogen (secondary N) is 2. The molecule has 3 atom stereocenters. The summed E-state index contributed by atoms with van der Waals surface area (Å²) in [6, 6.07) is 17.3. The van der Waals surface area contributed by atoms with E-state index in [1.54, 1.807) is 0 Å². The van der Waals surface area contributed by atoms with Gasteiger partial charge in [-0.3, -0.25) is 9.59 Å². The van der Waals surface area contributed by atoms with E-state index in [-0.39, 0.29) is 29.3 Å². The molecule has 1 spiro atoms. The van der Waals surface area contributed by atoms with Crippen molar-refractivity contribution >= 4 is 11.8 Å². The molecule has 1 aliphatic heterocycles. The molecule has 0 aromatic heterocycles. The first kappa shape index (κ1) is 22.2. The number of aryl methyl sites for hydroxylation is 2. The number of benzene rings is 2. The highest BCUT2D eigenvalue weighted by Gasteiger charge is 2.50. The van der Waals surface area contributed by atoms with Crippen LogP contribution < -0.4 is 10.6 Å². The normalized spacial score (nSPS) is 28.6. The summed E-state index contributed by atoms with van der Waals surface area (Å²) < 4.78 is 0. The number of hydrogen-bond acceptors (Lipinski definition) is 2. The van der Waals surface area contributed by atoms with Crippen LogP contribution in [0.2, 0.25) is 0 Å². The first-order valence-corrected chi connectivity index (χ1v) is 12.7. The lowest BCUT2D eigenvalue weighted by Gasteiger charge is -2.45. The Balaban J connectivity index is 1.40. The smallest absolute Gasteiger partial charge is 0.230 e. The lowest BCUT2D eigenvalue weighted by atomic mass is 9.67. The maximum atomic E-state index is 13.9. The van der Waals surface area contributed by atoms with Crippen LogP contribution in [0.5, 0.6) is 0 Å². The van der Waals surface area contributed by atoms with Crippen LogP contribution in [0.25, 0.3) is 0 Å². The van der Waals surface area contributed by atoms with Crippen molar-refractivity contribution in [2.24, 2.45) is 0 Å². The maximum Gasteiger partial charge on any atom is 0.230 e. The van der Waals surface area contributed by atoms with Crippen molar-refractivity contribution < 1.29 is 9.59 Å². The second kappa shape index (κ2) is 8.62. The van der Waals surface area contributed by atoms with Crippen LogP contribution in [-0.4, -0.2) is 23.4 Å². The summed E-state index contributed by atoms with van der Waals surface area (Å²) in [4.78, 5) is 26.1. The summed E-state index contributed by atoms with van der Waals surface area (Å²) in [5.41, 5.74) is 4.33. The Hall–Kier alpha value is -2.62. The van der Waals surface area contributed by atoms with Gasteiger partial charge in [0, 0.05) is 23.9 Å². The number of amides is 2. The summed E-state index contributed by atoms with van der Waals surface area (Å²) in [5, 5.41) is 6.85. The van der Waals surface area contributed by atoms with Gasteiger partial charge in [0.2, 0.25) is 11.8 Å². The van der Waals surface area contributed by atoms with Crippen molar-refractivity contribution in [3.05, 3.63) is 70.8 Å². The van der Waals surface area contributed by atoms with Crippen LogP contribution in [0.1, 0.15) is 86.0 Å². The fourth-order valence-corrected chi connectivity index (χ4v) is 6.89. The van der Waals surface area contributed by atoms with E-state index in [1.807, 2.05) is 6.07 Å². The molecular weight excluding hydrogens is 408 g/mol. The van der Waals surface area contributed by atoms with Gasteiger partial charge in [-0.2, -0.15) is 0 Å². The van der Waals surface area contributed by atoms with Gasteiger partial charge in [-0.05, 0) is 63.5 Å². The van der Waals surface area contributed by atoms with E-state index in [4.69, 9.17) is 0 Å². The second-order valence-electron chi connectivity index (χ2n) is 10.8. The third-order valence-electron chi connectivity index (χ3n) is 8.52. The first-order valence-electron chi connectivity index (χ1n) is 12.7. The molecule has 33 heavy (non-hydrogen) atoms. The molecule has 2 aliphatic carbocycles. The summed E-state index contributed by atoms with van der Waals surface area (Å²) in [5.74, 6) is 0.594. The van der Waals surface area contributed by atoms with Crippen LogP contribution in [0, 0.1) is 13.8 Å². The Morgan fingerprint density at radius 1 is 0.970 bits per heavy atom. The highest BCUT2D eigenvalue weighted by molar-refractivity contribution is 5.89. The molecule has 4 nitrogen and oxygen atoms in total. The molecule has 2 amide bonds. The number of carbonyl (C=O) groups is 2. The molecule has 4 heteroatoms. The average molecular weight is 445 g/mol. The third-order valence-corrected chi connectivity index (χ3v) is 8.52. The minimum Gasteiger partial charge on any atom is -0.353 e. The van der Waals surface area contributed by atoms with Crippen molar-refractivity contribution in [1.29, 1.82) is 0 Å². The van der Waals surface area contributed by atoms with E-state index in [2.05, 4.69) is 66.9 Å².